The minimum atomic E-state index is -3.63. The Morgan fingerprint density at radius 3 is 2.50 bits per heavy atom. The molecule has 0 saturated carbocycles. The molecule has 0 radical (unpaired) electrons. The van der Waals surface area contributed by atoms with E-state index in [1.807, 2.05) is 0 Å². The van der Waals surface area contributed by atoms with Gasteiger partial charge in [-0.15, -0.1) is 0 Å². The number of aliphatic hydroxyl groups excluding tert-OH is 1. The Morgan fingerprint density at radius 2 is 2.00 bits per heavy atom. The molecule has 102 valence electrons. The molecule has 18 heavy (non-hydrogen) atoms. The van der Waals surface area contributed by atoms with Gasteiger partial charge in [-0.05, 0) is 38.5 Å². The first kappa shape index (κ1) is 15.4. The standard InChI is InChI=1S/C12H18ClNO3S/c1-9(2)14(6-7-15)18(16,17)12-8-11(13)5-4-10(12)3/h4-5,8-9,15H,6-7H2,1-3H3. The lowest BCUT2D eigenvalue weighted by atomic mass is 10.2. The number of sulfonamides is 1. The first-order chi connectivity index (χ1) is 8.30. The second kappa shape index (κ2) is 6.02. The summed E-state index contributed by atoms with van der Waals surface area (Å²) in [6, 6.07) is 4.55. The van der Waals surface area contributed by atoms with Crippen molar-refractivity contribution in [1.82, 2.24) is 4.31 Å². The van der Waals surface area contributed by atoms with E-state index in [4.69, 9.17) is 16.7 Å². The molecule has 6 heteroatoms. The van der Waals surface area contributed by atoms with E-state index in [9.17, 15) is 8.42 Å². The molecule has 0 aliphatic carbocycles. The third-order valence-corrected chi connectivity index (χ3v) is 5.09. The number of benzene rings is 1. The van der Waals surface area contributed by atoms with Crippen molar-refractivity contribution in [2.45, 2.75) is 31.7 Å². The van der Waals surface area contributed by atoms with Crippen LogP contribution in [-0.4, -0.2) is 37.0 Å². The van der Waals surface area contributed by atoms with E-state index in [1.54, 1.807) is 32.9 Å². The van der Waals surface area contributed by atoms with E-state index >= 15 is 0 Å². The fourth-order valence-corrected chi connectivity index (χ4v) is 3.85. The van der Waals surface area contributed by atoms with Crippen LogP contribution in [0.5, 0.6) is 0 Å². The molecule has 0 aromatic heterocycles. The summed E-state index contributed by atoms with van der Waals surface area (Å²) in [7, 11) is -3.63. The quantitative estimate of drug-likeness (QED) is 0.903. The van der Waals surface area contributed by atoms with Crippen LogP contribution >= 0.6 is 11.6 Å². The van der Waals surface area contributed by atoms with E-state index < -0.39 is 10.0 Å². The van der Waals surface area contributed by atoms with Crippen LogP contribution in [0.2, 0.25) is 5.02 Å². The highest BCUT2D eigenvalue weighted by Gasteiger charge is 2.27. The fourth-order valence-electron chi connectivity index (χ4n) is 1.73. The largest absolute Gasteiger partial charge is 0.395 e. The van der Waals surface area contributed by atoms with Gasteiger partial charge in [-0.3, -0.25) is 0 Å². The molecular weight excluding hydrogens is 274 g/mol. The molecule has 1 N–H and O–H groups in total. The van der Waals surface area contributed by atoms with Crippen LogP contribution in [0.15, 0.2) is 23.1 Å². The number of nitrogens with zero attached hydrogens (tertiary/aromatic N) is 1. The van der Waals surface area contributed by atoms with Gasteiger partial charge in [0.25, 0.3) is 0 Å². The van der Waals surface area contributed by atoms with Crippen molar-refractivity contribution in [2.75, 3.05) is 13.2 Å². The van der Waals surface area contributed by atoms with E-state index in [2.05, 4.69) is 0 Å². The van der Waals surface area contributed by atoms with Gasteiger partial charge in [0.05, 0.1) is 11.5 Å². The lowest BCUT2D eigenvalue weighted by Crippen LogP contribution is -2.39. The molecular formula is C12H18ClNO3S. The van der Waals surface area contributed by atoms with Crippen molar-refractivity contribution in [3.05, 3.63) is 28.8 Å². The van der Waals surface area contributed by atoms with Crippen LogP contribution in [0.25, 0.3) is 0 Å². The summed E-state index contributed by atoms with van der Waals surface area (Å²) in [5, 5.41) is 9.37. The molecule has 0 amide bonds. The van der Waals surface area contributed by atoms with Gasteiger partial charge in [0, 0.05) is 17.6 Å². The fraction of sp³-hybridized carbons (Fsp3) is 0.500. The summed E-state index contributed by atoms with van der Waals surface area (Å²) in [6.45, 7) is 5.13. The van der Waals surface area contributed by atoms with Gasteiger partial charge < -0.3 is 5.11 Å². The normalized spacial score (nSPS) is 12.4. The monoisotopic (exact) mass is 291 g/mol. The van der Waals surface area contributed by atoms with Crippen molar-refractivity contribution in [2.24, 2.45) is 0 Å². The number of aryl methyl sites for hydroxylation is 1. The summed E-state index contributed by atoms with van der Waals surface area (Å²) in [6.07, 6.45) is 0. The summed E-state index contributed by atoms with van der Waals surface area (Å²) < 4.78 is 26.3. The third-order valence-electron chi connectivity index (χ3n) is 2.63. The van der Waals surface area contributed by atoms with Crippen LogP contribution in [0.3, 0.4) is 0 Å². The number of hydrogen-bond donors (Lipinski definition) is 1. The summed E-state index contributed by atoms with van der Waals surface area (Å²) in [5.74, 6) is 0. The minimum Gasteiger partial charge on any atom is -0.395 e. The zero-order chi connectivity index (χ0) is 13.9. The molecule has 1 aromatic carbocycles. The molecule has 0 heterocycles. The Hall–Kier alpha value is -0.620. The van der Waals surface area contributed by atoms with Crippen LogP contribution in [-0.2, 0) is 10.0 Å². The first-order valence-corrected chi connectivity index (χ1v) is 7.51. The van der Waals surface area contributed by atoms with Crippen molar-refractivity contribution < 1.29 is 13.5 Å². The molecule has 0 aliphatic heterocycles. The third kappa shape index (κ3) is 3.23. The summed E-state index contributed by atoms with van der Waals surface area (Å²) >= 11 is 5.85. The molecule has 4 nitrogen and oxygen atoms in total. The molecule has 0 atom stereocenters. The molecule has 0 fully saturated rings. The second-order valence-electron chi connectivity index (χ2n) is 4.34. The number of halogens is 1. The van der Waals surface area contributed by atoms with Gasteiger partial charge in [0.15, 0.2) is 0 Å². The maximum absolute atomic E-state index is 12.5. The average molecular weight is 292 g/mol. The van der Waals surface area contributed by atoms with Crippen LogP contribution < -0.4 is 0 Å². The van der Waals surface area contributed by atoms with Crippen LogP contribution in [0.1, 0.15) is 19.4 Å². The van der Waals surface area contributed by atoms with Crippen molar-refractivity contribution in [3.8, 4) is 0 Å². The lowest BCUT2D eigenvalue weighted by molar-refractivity contribution is 0.236. The molecule has 1 aromatic rings. The molecule has 0 spiro atoms. The predicted molar refractivity (Wildman–Crippen MR) is 72.3 cm³/mol. The van der Waals surface area contributed by atoms with Crippen molar-refractivity contribution in [1.29, 1.82) is 0 Å². The molecule has 0 saturated heterocycles. The number of rotatable bonds is 5. The SMILES string of the molecule is Cc1ccc(Cl)cc1S(=O)(=O)N(CCO)C(C)C. The van der Waals surface area contributed by atoms with Crippen molar-refractivity contribution >= 4 is 21.6 Å². The van der Waals surface area contributed by atoms with E-state index in [-0.39, 0.29) is 24.1 Å². The predicted octanol–water partition coefficient (Wildman–Crippen LogP) is 2.04. The number of aliphatic hydroxyl groups is 1. The lowest BCUT2D eigenvalue weighted by Gasteiger charge is -2.25. The van der Waals surface area contributed by atoms with Gasteiger partial charge in [0.2, 0.25) is 10.0 Å². The maximum atomic E-state index is 12.5. The Bertz CT molecular complexity index is 514. The second-order valence-corrected chi connectivity index (χ2v) is 6.64. The van der Waals surface area contributed by atoms with Gasteiger partial charge in [-0.1, -0.05) is 17.7 Å². The smallest absolute Gasteiger partial charge is 0.243 e. The zero-order valence-electron chi connectivity index (χ0n) is 10.7. The van der Waals surface area contributed by atoms with Gasteiger partial charge in [-0.2, -0.15) is 4.31 Å². The molecule has 0 unspecified atom stereocenters. The highest BCUT2D eigenvalue weighted by atomic mass is 35.5. The zero-order valence-corrected chi connectivity index (χ0v) is 12.3. The Morgan fingerprint density at radius 1 is 1.39 bits per heavy atom. The Labute approximate surface area is 113 Å². The summed E-state index contributed by atoms with van der Waals surface area (Å²) in [5.41, 5.74) is 0.642. The average Bonchev–Trinajstić information content (AvgIpc) is 2.28. The van der Waals surface area contributed by atoms with Gasteiger partial charge >= 0.3 is 0 Å². The van der Waals surface area contributed by atoms with Gasteiger partial charge in [-0.25, -0.2) is 8.42 Å². The topological polar surface area (TPSA) is 57.6 Å². The Balaban J connectivity index is 3.30. The Kier molecular flexibility index (Phi) is 5.16. The maximum Gasteiger partial charge on any atom is 0.243 e. The molecule has 0 bridgehead atoms. The van der Waals surface area contributed by atoms with E-state index in [0.29, 0.717) is 10.6 Å². The first-order valence-electron chi connectivity index (χ1n) is 5.69. The van der Waals surface area contributed by atoms with Crippen molar-refractivity contribution in [3.63, 3.8) is 0 Å². The minimum absolute atomic E-state index is 0.0754. The van der Waals surface area contributed by atoms with E-state index in [1.165, 1.54) is 10.4 Å². The van der Waals surface area contributed by atoms with Gasteiger partial charge in [0.1, 0.15) is 0 Å². The van der Waals surface area contributed by atoms with Crippen LogP contribution in [0, 0.1) is 6.92 Å². The highest BCUT2D eigenvalue weighted by Crippen LogP contribution is 2.24. The summed E-state index contributed by atoms with van der Waals surface area (Å²) in [4.78, 5) is 0.192. The van der Waals surface area contributed by atoms with E-state index in [0.717, 1.165) is 0 Å². The van der Waals surface area contributed by atoms with Crippen LogP contribution in [0.4, 0.5) is 0 Å². The molecule has 1 rings (SSSR count). The molecule has 0 aliphatic rings. The number of hydrogen-bond acceptors (Lipinski definition) is 3. The highest BCUT2D eigenvalue weighted by molar-refractivity contribution is 7.89.